The fourth-order valence-electron chi connectivity index (χ4n) is 1.68. The number of carbonyl (C=O) groups excluding carboxylic acids is 1. The van der Waals surface area contributed by atoms with Gasteiger partial charge in [-0.15, -0.1) is 0 Å². The van der Waals surface area contributed by atoms with Gasteiger partial charge in [-0.05, 0) is 13.0 Å². The van der Waals surface area contributed by atoms with E-state index in [-0.39, 0.29) is 13.4 Å². The highest BCUT2D eigenvalue weighted by Crippen LogP contribution is 2.37. The predicted molar refractivity (Wildman–Crippen MR) is 61.3 cm³/mol. The van der Waals surface area contributed by atoms with Crippen molar-refractivity contribution in [1.29, 1.82) is 0 Å². The van der Waals surface area contributed by atoms with Gasteiger partial charge in [0.2, 0.25) is 6.79 Å². The summed E-state index contributed by atoms with van der Waals surface area (Å²) in [7, 11) is 0. The Kier molecular flexibility index (Phi) is 2.79. The third-order valence-corrected chi connectivity index (χ3v) is 2.74. The van der Waals surface area contributed by atoms with E-state index in [1.165, 1.54) is 0 Å². The smallest absolute Gasteiger partial charge is 0.231 e. The minimum absolute atomic E-state index is 0.142. The molecular weight excluding hydrogens is 252 g/mol. The normalized spacial score (nSPS) is 12.5. The van der Waals surface area contributed by atoms with E-state index in [9.17, 15) is 4.79 Å². The van der Waals surface area contributed by atoms with Crippen LogP contribution >= 0.6 is 0 Å². The molecular formula is C12H10N2O5. The van der Waals surface area contributed by atoms with E-state index in [1.54, 1.807) is 19.1 Å². The Morgan fingerprint density at radius 2 is 2.11 bits per heavy atom. The summed E-state index contributed by atoms with van der Waals surface area (Å²) in [6.07, 6.45) is 0.700. The largest absolute Gasteiger partial charge is 0.486 e. The summed E-state index contributed by atoms with van der Waals surface area (Å²) < 4.78 is 20.5. The molecule has 3 rings (SSSR count). The van der Waals surface area contributed by atoms with Gasteiger partial charge in [0.1, 0.15) is 23.7 Å². The van der Waals surface area contributed by atoms with Crippen LogP contribution in [0.4, 0.5) is 0 Å². The highest BCUT2D eigenvalue weighted by molar-refractivity contribution is 5.81. The van der Waals surface area contributed by atoms with Crippen LogP contribution in [0.25, 0.3) is 0 Å². The highest BCUT2D eigenvalue weighted by Gasteiger charge is 2.18. The van der Waals surface area contributed by atoms with Crippen molar-refractivity contribution >= 4 is 6.29 Å². The number of ether oxygens (including phenoxy) is 3. The first kappa shape index (κ1) is 11.5. The van der Waals surface area contributed by atoms with Gasteiger partial charge in [-0.25, -0.2) is 4.63 Å². The number of aryl methyl sites for hydroxylation is 1. The van der Waals surface area contributed by atoms with Gasteiger partial charge in [0.05, 0.1) is 5.56 Å². The number of aromatic nitrogens is 2. The minimum atomic E-state index is 0.142. The number of nitrogens with zero attached hydrogens (tertiary/aromatic N) is 2. The lowest BCUT2D eigenvalue weighted by Gasteiger charge is -2.08. The molecule has 0 amide bonds. The van der Waals surface area contributed by atoms with Gasteiger partial charge in [-0.1, -0.05) is 10.3 Å². The summed E-state index contributed by atoms with van der Waals surface area (Å²) in [4.78, 5) is 11.0. The Labute approximate surface area is 108 Å². The van der Waals surface area contributed by atoms with Crippen LogP contribution in [0.2, 0.25) is 0 Å². The second kappa shape index (κ2) is 4.60. The van der Waals surface area contributed by atoms with Gasteiger partial charge in [0, 0.05) is 6.07 Å². The van der Waals surface area contributed by atoms with Gasteiger partial charge >= 0.3 is 0 Å². The van der Waals surface area contributed by atoms with Gasteiger partial charge < -0.3 is 14.2 Å². The van der Waals surface area contributed by atoms with Gasteiger partial charge in [-0.2, -0.15) is 0 Å². The standard InChI is InChI=1S/C12H10N2O5/c1-7-9(14-19-13-7)5-16-10-3-12-11(17-6-18-12)2-8(10)4-15/h2-4H,5-6H2,1H3. The molecule has 0 radical (unpaired) electrons. The van der Waals surface area contributed by atoms with E-state index in [0.29, 0.717) is 40.5 Å². The maximum atomic E-state index is 11.0. The van der Waals surface area contributed by atoms with E-state index < -0.39 is 0 Å². The quantitative estimate of drug-likeness (QED) is 0.772. The Bertz CT molecular complexity index is 623. The van der Waals surface area contributed by atoms with Crippen LogP contribution in [-0.4, -0.2) is 23.4 Å². The van der Waals surface area contributed by atoms with Crippen LogP contribution < -0.4 is 14.2 Å². The van der Waals surface area contributed by atoms with Gasteiger partial charge in [0.15, 0.2) is 17.8 Å². The summed E-state index contributed by atoms with van der Waals surface area (Å²) in [5, 5.41) is 7.35. The minimum Gasteiger partial charge on any atom is -0.486 e. The number of hydrogen-bond donors (Lipinski definition) is 0. The Balaban J connectivity index is 1.84. The lowest BCUT2D eigenvalue weighted by molar-refractivity contribution is 0.111. The van der Waals surface area contributed by atoms with E-state index in [2.05, 4.69) is 14.9 Å². The monoisotopic (exact) mass is 262 g/mol. The number of fused-ring (bicyclic) bond motifs is 1. The molecule has 0 atom stereocenters. The third kappa shape index (κ3) is 2.10. The molecule has 0 bridgehead atoms. The lowest BCUT2D eigenvalue weighted by Crippen LogP contribution is -2.00. The van der Waals surface area contributed by atoms with Crippen molar-refractivity contribution in [3.8, 4) is 17.2 Å². The molecule has 2 heterocycles. The highest BCUT2D eigenvalue weighted by atomic mass is 16.7. The molecule has 0 saturated heterocycles. The van der Waals surface area contributed by atoms with Crippen molar-refractivity contribution in [2.75, 3.05) is 6.79 Å². The van der Waals surface area contributed by atoms with Crippen LogP contribution in [-0.2, 0) is 6.61 Å². The summed E-state index contributed by atoms with van der Waals surface area (Å²) in [5.41, 5.74) is 1.61. The Hall–Kier alpha value is -2.57. The number of rotatable bonds is 4. The van der Waals surface area contributed by atoms with E-state index >= 15 is 0 Å². The maximum Gasteiger partial charge on any atom is 0.231 e. The molecule has 0 fully saturated rings. The molecule has 7 nitrogen and oxygen atoms in total. The number of aldehydes is 1. The molecule has 1 aliphatic rings. The van der Waals surface area contributed by atoms with E-state index in [4.69, 9.17) is 14.2 Å². The average Bonchev–Trinajstić information content (AvgIpc) is 3.03. The number of carbonyl (C=O) groups is 1. The first-order chi connectivity index (χ1) is 9.28. The predicted octanol–water partition coefficient (Wildman–Crippen LogP) is 1.50. The van der Waals surface area contributed by atoms with E-state index in [1.807, 2.05) is 0 Å². The molecule has 0 N–H and O–H groups in total. The molecule has 7 heteroatoms. The van der Waals surface area contributed by atoms with Crippen molar-refractivity contribution < 1.29 is 23.6 Å². The molecule has 0 saturated carbocycles. The SMILES string of the molecule is Cc1nonc1COc1cc2c(cc1C=O)OCO2. The second-order valence-electron chi connectivity index (χ2n) is 3.95. The molecule has 0 unspecified atom stereocenters. The fraction of sp³-hybridized carbons (Fsp3) is 0.250. The molecule has 2 aromatic rings. The molecule has 98 valence electrons. The van der Waals surface area contributed by atoms with Crippen molar-refractivity contribution in [1.82, 2.24) is 10.3 Å². The number of hydrogen-bond acceptors (Lipinski definition) is 7. The van der Waals surface area contributed by atoms with Crippen molar-refractivity contribution in [3.63, 3.8) is 0 Å². The van der Waals surface area contributed by atoms with Crippen LogP contribution in [0.1, 0.15) is 21.7 Å². The first-order valence-electron chi connectivity index (χ1n) is 5.57. The van der Waals surface area contributed by atoms with E-state index in [0.717, 1.165) is 0 Å². The summed E-state index contributed by atoms with van der Waals surface area (Å²) >= 11 is 0. The zero-order valence-corrected chi connectivity index (χ0v) is 10.1. The first-order valence-corrected chi connectivity index (χ1v) is 5.57. The maximum absolute atomic E-state index is 11.0. The molecule has 19 heavy (non-hydrogen) atoms. The topological polar surface area (TPSA) is 83.7 Å². The molecule has 0 aliphatic carbocycles. The summed E-state index contributed by atoms with van der Waals surface area (Å²) in [6, 6.07) is 3.20. The van der Waals surface area contributed by atoms with Gasteiger partial charge in [0.25, 0.3) is 0 Å². The Morgan fingerprint density at radius 3 is 2.79 bits per heavy atom. The van der Waals surface area contributed by atoms with Crippen LogP contribution in [0, 0.1) is 6.92 Å². The molecule has 1 aromatic heterocycles. The molecule has 1 aromatic carbocycles. The van der Waals surface area contributed by atoms with Gasteiger partial charge in [-0.3, -0.25) is 4.79 Å². The summed E-state index contributed by atoms with van der Waals surface area (Å²) in [5.74, 6) is 1.49. The van der Waals surface area contributed by atoms with Crippen molar-refractivity contribution in [2.24, 2.45) is 0 Å². The van der Waals surface area contributed by atoms with Crippen LogP contribution in [0.5, 0.6) is 17.2 Å². The average molecular weight is 262 g/mol. The third-order valence-electron chi connectivity index (χ3n) is 2.74. The lowest BCUT2D eigenvalue weighted by atomic mass is 10.2. The van der Waals surface area contributed by atoms with Crippen LogP contribution in [0.3, 0.4) is 0 Å². The Morgan fingerprint density at radius 1 is 1.32 bits per heavy atom. The zero-order chi connectivity index (χ0) is 13.2. The molecule has 1 aliphatic heterocycles. The second-order valence-corrected chi connectivity index (χ2v) is 3.95. The summed E-state index contributed by atoms with van der Waals surface area (Å²) in [6.45, 7) is 2.06. The van der Waals surface area contributed by atoms with Crippen LogP contribution in [0.15, 0.2) is 16.8 Å². The fourth-order valence-corrected chi connectivity index (χ4v) is 1.68. The zero-order valence-electron chi connectivity index (χ0n) is 10.1. The van der Waals surface area contributed by atoms with Crippen molar-refractivity contribution in [2.45, 2.75) is 13.5 Å². The van der Waals surface area contributed by atoms with Crippen molar-refractivity contribution in [3.05, 3.63) is 29.1 Å². The number of benzene rings is 1. The molecule has 0 spiro atoms.